The first-order valence-corrected chi connectivity index (χ1v) is 14.6. The lowest BCUT2D eigenvalue weighted by atomic mass is 9.62. The van der Waals surface area contributed by atoms with Crippen molar-refractivity contribution in [3.05, 3.63) is 59.7 Å². The summed E-state index contributed by atoms with van der Waals surface area (Å²) in [6.07, 6.45) is 12.1. The first-order valence-electron chi connectivity index (χ1n) is 12.8. The van der Waals surface area contributed by atoms with Crippen LogP contribution in [0.15, 0.2) is 53.4 Å². The maximum absolute atomic E-state index is 13.1. The molecule has 1 atom stereocenters. The van der Waals surface area contributed by atoms with Crippen LogP contribution >= 0.6 is 0 Å². The van der Waals surface area contributed by atoms with Crippen molar-refractivity contribution in [3.63, 3.8) is 0 Å². The Kier molecular flexibility index (Phi) is 8.03. The van der Waals surface area contributed by atoms with E-state index in [1.54, 1.807) is 24.3 Å². The molecule has 7 nitrogen and oxygen atoms in total. The van der Waals surface area contributed by atoms with Gasteiger partial charge in [-0.3, -0.25) is 0 Å². The Morgan fingerprint density at radius 3 is 2.25 bits per heavy atom. The second-order valence-electron chi connectivity index (χ2n) is 10.4. The lowest BCUT2D eigenvalue weighted by molar-refractivity contribution is 0.0600. The average molecular weight is 513 g/mol. The smallest absolute Gasteiger partial charge is 0.337 e. The molecule has 2 saturated carbocycles. The number of sulfone groups is 1. The van der Waals surface area contributed by atoms with Crippen LogP contribution < -0.4 is 10.6 Å². The number of ether oxygens (including phenoxy) is 1. The summed E-state index contributed by atoms with van der Waals surface area (Å²) in [5.74, 6) is -0.124. The summed E-state index contributed by atoms with van der Waals surface area (Å²) in [4.78, 5) is 25.1. The van der Waals surface area contributed by atoms with Crippen LogP contribution in [-0.2, 0) is 14.6 Å². The van der Waals surface area contributed by atoms with Crippen LogP contribution in [0, 0.1) is 11.3 Å². The summed E-state index contributed by atoms with van der Waals surface area (Å²) in [5.41, 5.74) is 2.28. The number of amides is 2. The number of carbonyl (C=O) groups excluding carboxylic acids is 2. The molecule has 2 amide bonds. The van der Waals surface area contributed by atoms with Crippen molar-refractivity contribution in [3.8, 4) is 0 Å². The van der Waals surface area contributed by atoms with Gasteiger partial charge in [0.1, 0.15) is 0 Å². The molecule has 0 aromatic heterocycles. The number of methoxy groups -OCH3 is 1. The normalized spacial score (nSPS) is 18.8. The van der Waals surface area contributed by atoms with E-state index in [9.17, 15) is 18.0 Å². The van der Waals surface area contributed by atoms with E-state index in [1.807, 2.05) is 12.1 Å². The predicted octanol–water partition coefficient (Wildman–Crippen LogP) is 5.88. The van der Waals surface area contributed by atoms with Crippen LogP contribution in [0.5, 0.6) is 0 Å². The van der Waals surface area contributed by atoms with Crippen LogP contribution in [-0.4, -0.2) is 33.8 Å². The van der Waals surface area contributed by atoms with Gasteiger partial charge in [0.2, 0.25) is 0 Å². The molecule has 36 heavy (non-hydrogen) atoms. The van der Waals surface area contributed by atoms with E-state index in [1.165, 1.54) is 64.2 Å². The van der Waals surface area contributed by atoms with Crippen molar-refractivity contribution in [1.82, 2.24) is 5.32 Å². The van der Waals surface area contributed by atoms with Gasteiger partial charge < -0.3 is 15.4 Å². The van der Waals surface area contributed by atoms with Gasteiger partial charge in [-0.2, -0.15) is 0 Å². The molecular formula is C28H36N2O5S. The third-order valence-corrected chi connectivity index (χ3v) is 9.08. The monoisotopic (exact) mass is 512 g/mol. The molecule has 2 fully saturated rings. The van der Waals surface area contributed by atoms with Crippen LogP contribution in [0.4, 0.5) is 10.5 Å². The molecule has 2 aromatic carbocycles. The number of rotatable bonds is 6. The molecule has 2 aliphatic rings. The molecule has 1 unspecified atom stereocenters. The van der Waals surface area contributed by atoms with E-state index in [0.717, 1.165) is 24.7 Å². The zero-order chi connectivity index (χ0) is 25.8. The third-order valence-electron chi connectivity index (χ3n) is 7.97. The maximum atomic E-state index is 13.1. The minimum atomic E-state index is -3.38. The molecule has 0 aliphatic heterocycles. The van der Waals surface area contributed by atoms with Gasteiger partial charge in [0, 0.05) is 11.9 Å². The summed E-state index contributed by atoms with van der Waals surface area (Å²) in [6, 6.07) is 12.9. The van der Waals surface area contributed by atoms with Crippen molar-refractivity contribution < 1.29 is 22.7 Å². The highest BCUT2D eigenvalue weighted by Crippen LogP contribution is 2.50. The Morgan fingerprint density at radius 2 is 1.64 bits per heavy atom. The number of hydrogen-bond donors (Lipinski definition) is 2. The minimum absolute atomic E-state index is 0.153. The molecule has 0 heterocycles. The molecule has 4 rings (SSSR count). The number of anilines is 1. The molecule has 8 heteroatoms. The minimum Gasteiger partial charge on any atom is -0.465 e. The zero-order valence-electron chi connectivity index (χ0n) is 21.1. The highest BCUT2D eigenvalue weighted by atomic mass is 32.2. The van der Waals surface area contributed by atoms with Crippen LogP contribution in [0.25, 0.3) is 0 Å². The van der Waals surface area contributed by atoms with Crippen LogP contribution in [0.2, 0.25) is 0 Å². The standard InChI is InChI=1S/C28H36N2O5S/c1-35-26(31)22-11-9-20(10-12-22)25(21-13-17-28(18-14-21)15-4-3-5-16-28)30-27(32)29-23-7-6-8-24(19-23)36(2,33)34/h6-12,19,21,25H,3-5,13-18H2,1-2H3,(H2,29,30,32). The van der Waals surface area contributed by atoms with Crippen molar-refractivity contribution in [1.29, 1.82) is 0 Å². The number of esters is 1. The maximum Gasteiger partial charge on any atom is 0.337 e. The fourth-order valence-electron chi connectivity index (χ4n) is 5.92. The molecule has 2 aromatic rings. The van der Waals surface area contributed by atoms with Gasteiger partial charge in [-0.15, -0.1) is 0 Å². The number of urea groups is 1. The zero-order valence-corrected chi connectivity index (χ0v) is 21.9. The van der Waals surface area contributed by atoms with Crippen molar-refractivity contribution >= 4 is 27.5 Å². The molecule has 0 saturated heterocycles. The van der Waals surface area contributed by atoms with Gasteiger partial charge in [-0.05, 0) is 85.8 Å². The van der Waals surface area contributed by atoms with E-state index in [2.05, 4.69) is 10.6 Å². The van der Waals surface area contributed by atoms with E-state index in [4.69, 9.17) is 4.74 Å². The number of carbonyl (C=O) groups is 2. The SMILES string of the molecule is COC(=O)c1ccc(C(NC(=O)Nc2cccc(S(C)(=O)=O)c2)C2CCC3(CCCCC3)CC2)cc1. The van der Waals surface area contributed by atoms with E-state index in [0.29, 0.717) is 16.7 Å². The van der Waals surface area contributed by atoms with Gasteiger partial charge in [-0.25, -0.2) is 18.0 Å². The molecule has 194 valence electrons. The van der Waals surface area contributed by atoms with Gasteiger partial charge in [0.15, 0.2) is 9.84 Å². The summed E-state index contributed by atoms with van der Waals surface area (Å²) in [5, 5.41) is 5.95. The van der Waals surface area contributed by atoms with E-state index < -0.39 is 15.8 Å². The Hall–Kier alpha value is -2.87. The summed E-state index contributed by atoms with van der Waals surface area (Å²) in [6.45, 7) is 0. The topological polar surface area (TPSA) is 102 Å². The van der Waals surface area contributed by atoms with Crippen molar-refractivity contribution in [2.75, 3.05) is 18.7 Å². The second kappa shape index (κ2) is 11.0. The average Bonchev–Trinajstić information content (AvgIpc) is 2.88. The summed E-state index contributed by atoms with van der Waals surface area (Å²) >= 11 is 0. The van der Waals surface area contributed by atoms with Gasteiger partial charge in [-0.1, -0.05) is 37.5 Å². The number of benzene rings is 2. The van der Waals surface area contributed by atoms with Crippen molar-refractivity contribution in [2.45, 2.75) is 68.7 Å². The lowest BCUT2D eigenvalue weighted by Crippen LogP contribution is -2.39. The predicted molar refractivity (Wildman–Crippen MR) is 140 cm³/mol. The second-order valence-corrected chi connectivity index (χ2v) is 12.4. The fourth-order valence-corrected chi connectivity index (χ4v) is 6.59. The molecule has 2 N–H and O–H groups in total. The Balaban J connectivity index is 1.52. The number of hydrogen-bond acceptors (Lipinski definition) is 5. The quantitative estimate of drug-likeness (QED) is 0.471. The fraction of sp³-hybridized carbons (Fsp3) is 0.500. The Labute approximate surface area is 213 Å². The van der Waals surface area contributed by atoms with Gasteiger partial charge in [0.25, 0.3) is 0 Å². The van der Waals surface area contributed by atoms with Gasteiger partial charge in [0.05, 0.1) is 23.6 Å². The molecule has 2 aliphatic carbocycles. The highest BCUT2D eigenvalue weighted by molar-refractivity contribution is 7.90. The molecule has 0 radical (unpaired) electrons. The van der Waals surface area contributed by atoms with Gasteiger partial charge >= 0.3 is 12.0 Å². The Morgan fingerprint density at radius 1 is 0.972 bits per heavy atom. The van der Waals surface area contributed by atoms with Crippen LogP contribution in [0.3, 0.4) is 0 Å². The van der Waals surface area contributed by atoms with Crippen molar-refractivity contribution in [2.24, 2.45) is 11.3 Å². The molecule has 0 bridgehead atoms. The van der Waals surface area contributed by atoms with Crippen LogP contribution in [0.1, 0.15) is 79.8 Å². The first kappa shape index (κ1) is 26.2. The molecular weight excluding hydrogens is 476 g/mol. The third kappa shape index (κ3) is 6.27. The lowest BCUT2D eigenvalue weighted by Gasteiger charge is -2.45. The van der Waals surface area contributed by atoms with E-state index >= 15 is 0 Å². The first-order chi connectivity index (χ1) is 17.2. The summed E-state index contributed by atoms with van der Waals surface area (Å²) < 4.78 is 28.6. The summed E-state index contributed by atoms with van der Waals surface area (Å²) in [7, 11) is -2.03. The Bertz CT molecular complexity index is 1180. The number of nitrogens with one attached hydrogen (secondary N) is 2. The highest BCUT2D eigenvalue weighted by Gasteiger charge is 2.39. The molecule has 1 spiro atoms. The largest absolute Gasteiger partial charge is 0.465 e. The van der Waals surface area contributed by atoms with E-state index in [-0.39, 0.29) is 22.9 Å².